The molecule has 1 aliphatic rings. The molecule has 0 saturated heterocycles. The number of carbonyl (C=O) groups excluding carboxylic acids is 2. The molecule has 1 amide bonds. The van der Waals surface area contributed by atoms with E-state index in [1.165, 1.54) is 21.3 Å². The number of carbonyl (C=O) groups is 2. The summed E-state index contributed by atoms with van der Waals surface area (Å²) in [5, 5.41) is 11.6. The predicted molar refractivity (Wildman–Crippen MR) is 116 cm³/mol. The summed E-state index contributed by atoms with van der Waals surface area (Å²) in [6.45, 7) is 1.27. The number of fused-ring (bicyclic) bond motifs is 1. The lowest BCUT2D eigenvalue weighted by atomic mass is 10.1. The highest BCUT2D eigenvalue weighted by molar-refractivity contribution is 6.14. The van der Waals surface area contributed by atoms with Crippen molar-refractivity contribution in [2.75, 3.05) is 34.5 Å². The summed E-state index contributed by atoms with van der Waals surface area (Å²) in [7, 11) is 4.54. The van der Waals surface area contributed by atoms with Crippen molar-refractivity contribution in [3.63, 3.8) is 0 Å². The maximum atomic E-state index is 12.8. The molecule has 9 heteroatoms. The van der Waals surface area contributed by atoms with E-state index in [-0.39, 0.29) is 36.7 Å². The third-order valence-electron chi connectivity index (χ3n) is 4.72. The Morgan fingerprint density at radius 2 is 1.78 bits per heavy atom. The average Bonchev–Trinajstić information content (AvgIpc) is 3.11. The number of ketones is 1. The monoisotopic (exact) mass is 443 g/mol. The van der Waals surface area contributed by atoms with Gasteiger partial charge in [0.1, 0.15) is 17.2 Å². The third kappa shape index (κ3) is 4.94. The zero-order valence-corrected chi connectivity index (χ0v) is 18.3. The van der Waals surface area contributed by atoms with Crippen LogP contribution in [0.4, 0.5) is 0 Å². The number of aliphatic hydroxyl groups is 1. The standard InChI is InChI=1S/C23H25NO8/c1-13(11-25)24-22(26)12-31-15-5-6-16-18(9-15)32-21(23(16)27)8-14-7-19(29-3)20(30-4)10-17(14)28-2/h5-10,13,25H,11-12H2,1-4H3,(H,24,26). The van der Waals surface area contributed by atoms with E-state index in [1.807, 2.05) is 0 Å². The Hall–Kier alpha value is -3.72. The van der Waals surface area contributed by atoms with Crippen LogP contribution < -0.4 is 29.0 Å². The first-order valence-electron chi connectivity index (χ1n) is 9.81. The average molecular weight is 443 g/mol. The molecule has 0 fully saturated rings. The zero-order chi connectivity index (χ0) is 23.3. The van der Waals surface area contributed by atoms with Gasteiger partial charge >= 0.3 is 0 Å². The largest absolute Gasteiger partial charge is 0.496 e. The van der Waals surface area contributed by atoms with Gasteiger partial charge in [-0.25, -0.2) is 0 Å². The second kappa shape index (κ2) is 10.1. The summed E-state index contributed by atoms with van der Waals surface area (Å²) in [4.78, 5) is 24.6. The van der Waals surface area contributed by atoms with Crippen LogP contribution >= 0.6 is 0 Å². The fourth-order valence-corrected chi connectivity index (χ4v) is 3.07. The molecular formula is C23H25NO8. The Morgan fingerprint density at radius 1 is 1.09 bits per heavy atom. The van der Waals surface area contributed by atoms with Crippen LogP contribution in [0.5, 0.6) is 28.7 Å². The van der Waals surface area contributed by atoms with E-state index in [0.717, 1.165) is 0 Å². The van der Waals surface area contributed by atoms with Crippen molar-refractivity contribution >= 4 is 17.8 Å². The lowest BCUT2D eigenvalue weighted by molar-refractivity contribution is -0.124. The number of benzene rings is 2. The van der Waals surface area contributed by atoms with Gasteiger partial charge in [-0.1, -0.05) is 0 Å². The second-order valence-corrected chi connectivity index (χ2v) is 6.99. The predicted octanol–water partition coefficient (Wildman–Crippen LogP) is 2.20. The fourth-order valence-electron chi connectivity index (χ4n) is 3.07. The molecule has 1 heterocycles. The van der Waals surface area contributed by atoms with Crippen LogP contribution in [0.25, 0.3) is 6.08 Å². The molecular weight excluding hydrogens is 418 g/mol. The van der Waals surface area contributed by atoms with Crippen molar-refractivity contribution in [2.45, 2.75) is 13.0 Å². The van der Waals surface area contributed by atoms with Gasteiger partial charge in [0.15, 0.2) is 23.9 Å². The molecule has 1 atom stereocenters. The number of rotatable bonds is 9. The summed E-state index contributed by atoms with van der Waals surface area (Å²) in [5.74, 6) is 1.59. The van der Waals surface area contributed by atoms with E-state index in [4.69, 9.17) is 28.8 Å². The number of ether oxygens (including phenoxy) is 5. The highest BCUT2D eigenvalue weighted by atomic mass is 16.5. The van der Waals surface area contributed by atoms with Crippen molar-refractivity contribution in [2.24, 2.45) is 0 Å². The van der Waals surface area contributed by atoms with E-state index in [2.05, 4.69) is 5.32 Å². The number of hydrogen-bond donors (Lipinski definition) is 2. The summed E-state index contributed by atoms with van der Waals surface area (Å²) < 4.78 is 27.2. The normalized spacial score (nSPS) is 14.4. The molecule has 0 radical (unpaired) electrons. The van der Waals surface area contributed by atoms with Gasteiger partial charge in [-0.3, -0.25) is 9.59 Å². The Bertz CT molecular complexity index is 1050. The molecule has 2 aromatic rings. The maximum Gasteiger partial charge on any atom is 0.258 e. The third-order valence-corrected chi connectivity index (χ3v) is 4.72. The summed E-state index contributed by atoms with van der Waals surface area (Å²) in [6, 6.07) is 7.68. The number of amides is 1. The van der Waals surface area contributed by atoms with Crippen molar-refractivity contribution in [1.29, 1.82) is 0 Å². The van der Waals surface area contributed by atoms with Crippen molar-refractivity contribution in [1.82, 2.24) is 5.32 Å². The highest BCUT2D eigenvalue weighted by Crippen LogP contribution is 2.39. The molecule has 0 spiro atoms. The van der Waals surface area contributed by atoms with Crippen LogP contribution in [0.2, 0.25) is 0 Å². The number of aliphatic hydroxyl groups excluding tert-OH is 1. The van der Waals surface area contributed by atoms with Gasteiger partial charge in [0, 0.05) is 23.7 Å². The number of methoxy groups -OCH3 is 3. The van der Waals surface area contributed by atoms with Gasteiger partial charge in [-0.05, 0) is 31.2 Å². The molecule has 0 aliphatic carbocycles. The molecule has 32 heavy (non-hydrogen) atoms. The highest BCUT2D eigenvalue weighted by Gasteiger charge is 2.28. The minimum Gasteiger partial charge on any atom is -0.496 e. The second-order valence-electron chi connectivity index (χ2n) is 6.99. The minimum absolute atomic E-state index is 0.109. The quantitative estimate of drug-likeness (QED) is 0.568. The number of nitrogens with one attached hydrogen (secondary N) is 1. The molecule has 1 unspecified atom stereocenters. The van der Waals surface area contributed by atoms with Crippen molar-refractivity contribution < 1.29 is 38.4 Å². The number of hydrogen-bond acceptors (Lipinski definition) is 8. The molecule has 2 aromatic carbocycles. The Balaban J connectivity index is 1.79. The fraction of sp³-hybridized carbons (Fsp3) is 0.304. The van der Waals surface area contributed by atoms with Gasteiger partial charge in [0.05, 0.1) is 33.5 Å². The van der Waals surface area contributed by atoms with Crippen LogP contribution in [-0.4, -0.2) is 57.4 Å². The maximum absolute atomic E-state index is 12.8. The topological polar surface area (TPSA) is 113 Å². The summed E-state index contributed by atoms with van der Waals surface area (Å²) >= 11 is 0. The Kier molecular flexibility index (Phi) is 7.21. The van der Waals surface area contributed by atoms with E-state index in [1.54, 1.807) is 43.3 Å². The lowest BCUT2D eigenvalue weighted by Gasteiger charge is -2.12. The van der Waals surface area contributed by atoms with Gasteiger partial charge in [0.25, 0.3) is 5.91 Å². The zero-order valence-electron chi connectivity index (χ0n) is 18.3. The van der Waals surface area contributed by atoms with Crippen LogP contribution in [0, 0.1) is 0 Å². The van der Waals surface area contributed by atoms with Crippen LogP contribution in [0.3, 0.4) is 0 Å². The van der Waals surface area contributed by atoms with E-state index >= 15 is 0 Å². The van der Waals surface area contributed by atoms with Crippen LogP contribution in [0.15, 0.2) is 36.1 Å². The van der Waals surface area contributed by atoms with Crippen molar-refractivity contribution in [3.8, 4) is 28.7 Å². The molecule has 1 aliphatic heterocycles. The first-order valence-corrected chi connectivity index (χ1v) is 9.81. The summed E-state index contributed by atoms with van der Waals surface area (Å²) in [6.07, 6.45) is 1.56. The molecule has 0 aromatic heterocycles. The van der Waals surface area contributed by atoms with Gasteiger partial charge < -0.3 is 34.1 Å². The van der Waals surface area contributed by atoms with E-state index in [9.17, 15) is 9.59 Å². The Morgan fingerprint density at radius 3 is 2.44 bits per heavy atom. The van der Waals surface area contributed by atoms with Gasteiger partial charge in [0.2, 0.25) is 5.78 Å². The smallest absolute Gasteiger partial charge is 0.258 e. The molecule has 0 bridgehead atoms. The lowest BCUT2D eigenvalue weighted by Crippen LogP contribution is -2.38. The minimum atomic E-state index is -0.370. The van der Waals surface area contributed by atoms with E-state index in [0.29, 0.717) is 39.9 Å². The SMILES string of the molecule is COc1cc(OC)c(OC)cc1C=C1Oc2cc(OCC(=O)NC(C)CO)ccc2C1=O. The molecule has 170 valence electrons. The Labute approximate surface area is 185 Å². The molecule has 9 nitrogen and oxygen atoms in total. The summed E-state index contributed by atoms with van der Waals surface area (Å²) in [5.41, 5.74) is 0.953. The van der Waals surface area contributed by atoms with Gasteiger partial charge in [-0.2, -0.15) is 0 Å². The van der Waals surface area contributed by atoms with Crippen LogP contribution in [0.1, 0.15) is 22.8 Å². The molecule has 2 N–H and O–H groups in total. The van der Waals surface area contributed by atoms with Gasteiger partial charge in [-0.15, -0.1) is 0 Å². The molecule has 0 saturated carbocycles. The number of Topliss-reactive ketones (excluding diaryl/α,β-unsaturated/α-hetero) is 1. The first-order chi connectivity index (χ1) is 15.4. The van der Waals surface area contributed by atoms with Crippen molar-refractivity contribution in [3.05, 3.63) is 47.2 Å². The molecule has 3 rings (SSSR count). The first kappa shape index (κ1) is 23.0. The van der Waals surface area contributed by atoms with E-state index < -0.39 is 0 Å². The number of allylic oxidation sites excluding steroid dienone is 1. The van der Waals surface area contributed by atoms with Crippen LogP contribution in [-0.2, 0) is 4.79 Å².